The van der Waals surface area contributed by atoms with Gasteiger partial charge in [-0.3, -0.25) is 4.57 Å². The third kappa shape index (κ3) is 3.61. The molecular weight excluding hydrogens is 380 g/mol. The van der Waals surface area contributed by atoms with E-state index in [2.05, 4.69) is 20.3 Å². The highest BCUT2D eigenvalue weighted by atomic mass is 16.6. The number of ether oxygens (including phenoxy) is 1. The summed E-state index contributed by atoms with van der Waals surface area (Å²) < 4.78 is 6.96. The lowest BCUT2D eigenvalue weighted by Gasteiger charge is -2.17. The zero-order valence-electron chi connectivity index (χ0n) is 15.3. The summed E-state index contributed by atoms with van der Waals surface area (Å²) in [4.78, 5) is 12.6. The predicted octanol–water partition coefficient (Wildman–Crippen LogP) is -0.835. The van der Waals surface area contributed by atoms with Gasteiger partial charge >= 0.3 is 0 Å². The molecule has 11 nitrogen and oxygen atoms in total. The van der Waals surface area contributed by atoms with E-state index in [-0.39, 0.29) is 18.1 Å². The number of nitrogens with one attached hydrogen (secondary N) is 1. The molecule has 0 radical (unpaired) electrons. The number of imidazole rings is 1. The molecule has 154 valence electrons. The number of fused-ring (bicyclic) bond motifs is 1. The second-order valence-electron chi connectivity index (χ2n) is 6.79. The first-order valence-electron chi connectivity index (χ1n) is 9.09. The number of aromatic nitrogens is 4. The molecular formula is C18H22N6O5. The van der Waals surface area contributed by atoms with Crippen LogP contribution in [0.25, 0.3) is 11.2 Å². The molecule has 1 aliphatic rings. The van der Waals surface area contributed by atoms with Crippen molar-refractivity contribution in [1.82, 2.24) is 19.5 Å². The molecule has 1 saturated heterocycles. The third-order valence-corrected chi connectivity index (χ3v) is 4.88. The molecule has 7 N–H and O–H groups in total. The number of nitrogens with two attached hydrogens (primary N) is 1. The van der Waals surface area contributed by atoms with Crippen LogP contribution in [0.2, 0.25) is 0 Å². The van der Waals surface area contributed by atoms with E-state index in [1.807, 2.05) is 30.3 Å². The van der Waals surface area contributed by atoms with Crippen LogP contribution in [-0.2, 0) is 4.74 Å². The summed E-state index contributed by atoms with van der Waals surface area (Å²) in [5.41, 5.74) is 7.21. The van der Waals surface area contributed by atoms with Crippen molar-refractivity contribution in [1.29, 1.82) is 0 Å². The van der Waals surface area contributed by atoms with Gasteiger partial charge in [0.1, 0.15) is 18.3 Å². The predicted molar refractivity (Wildman–Crippen MR) is 103 cm³/mol. The number of aliphatic hydroxyl groups is 4. The highest BCUT2D eigenvalue weighted by Gasteiger charge is 2.44. The van der Waals surface area contributed by atoms with E-state index in [1.54, 1.807) is 0 Å². The molecule has 0 aliphatic carbocycles. The van der Waals surface area contributed by atoms with Crippen molar-refractivity contribution in [2.75, 3.05) is 24.2 Å². The van der Waals surface area contributed by atoms with Crippen LogP contribution < -0.4 is 11.1 Å². The molecule has 29 heavy (non-hydrogen) atoms. The van der Waals surface area contributed by atoms with E-state index in [1.165, 1.54) is 10.9 Å². The Labute approximate surface area is 165 Å². The summed E-state index contributed by atoms with van der Waals surface area (Å²) in [6.45, 7) is -0.279. The summed E-state index contributed by atoms with van der Waals surface area (Å²) >= 11 is 0. The maximum absolute atomic E-state index is 10.4. The fourth-order valence-electron chi connectivity index (χ4n) is 3.34. The van der Waals surface area contributed by atoms with Crippen molar-refractivity contribution in [3.8, 4) is 0 Å². The van der Waals surface area contributed by atoms with Crippen LogP contribution in [0.3, 0.4) is 0 Å². The molecule has 1 aliphatic heterocycles. The number of nitrogen functional groups attached to an aromatic ring is 1. The van der Waals surface area contributed by atoms with E-state index in [0.29, 0.717) is 11.3 Å². The molecule has 3 aromatic rings. The highest BCUT2D eigenvalue weighted by molar-refractivity contribution is 5.84. The van der Waals surface area contributed by atoms with Gasteiger partial charge in [0.15, 0.2) is 23.2 Å². The summed E-state index contributed by atoms with van der Waals surface area (Å²) in [7, 11) is 0. The van der Waals surface area contributed by atoms with Gasteiger partial charge in [-0.2, -0.15) is 9.97 Å². The third-order valence-electron chi connectivity index (χ3n) is 4.88. The Bertz CT molecular complexity index is 984. The monoisotopic (exact) mass is 402 g/mol. The Kier molecular flexibility index (Phi) is 5.30. The largest absolute Gasteiger partial charge is 0.394 e. The molecule has 5 atom stereocenters. The van der Waals surface area contributed by atoms with Crippen LogP contribution in [0.1, 0.15) is 17.9 Å². The lowest BCUT2D eigenvalue weighted by Crippen LogP contribution is -2.33. The Hall–Kier alpha value is -2.83. The summed E-state index contributed by atoms with van der Waals surface area (Å²) in [5.74, 6) is 0.274. The number of nitrogens with zero attached hydrogens (tertiary/aromatic N) is 4. The van der Waals surface area contributed by atoms with Crippen molar-refractivity contribution >= 4 is 22.9 Å². The molecule has 0 spiro atoms. The van der Waals surface area contributed by atoms with Gasteiger partial charge in [0.25, 0.3) is 0 Å². The first-order chi connectivity index (χ1) is 14.0. The second-order valence-corrected chi connectivity index (χ2v) is 6.79. The maximum Gasteiger partial charge on any atom is 0.224 e. The Morgan fingerprint density at radius 2 is 1.93 bits per heavy atom. The summed E-state index contributed by atoms with van der Waals surface area (Å²) in [5, 5.41) is 42.9. The van der Waals surface area contributed by atoms with E-state index in [0.717, 1.165) is 5.56 Å². The zero-order chi connectivity index (χ0) is 20.5. The number of rotatable bonds is 6. The molecule has 0 amide bonds. The van der Waals surface area contributed by atoms with Gasteiger partial charge in [-0.15, -0.1) is 0 Å². The van der Waals surface area contributed by atoms with Crippen LogP contribution >= 0.6 is 0 Å². The number of benzene rings is 1. The highest BCUT2D eigenvalue weighted by Crippen LogP contribution is 2.32. The minimum absolute atomic E-state index is 0.0392. The van der Waals surface area contributed by atoms with Crippen LogP contribution in [0, 0.1) is 0 Å². The van der Waals surface area contributed by atoms with Gasteiger partial charge in [-0.1, -0.05) is 30.3 Å². The lowest BCUT2D eigenvalue weighted by atomic mass is 10.1. The smallest absolute Gasteiger partial charge is 0.224 e. The van der Waals surface area contributed by atoms with Crippen molar-refractivity contribution in [3.63, 3.8) is 0 Å². The number of hydrogen-bond donors (Lipinski definition) is 6. The first kappa shape index (κ1) is 19.5. The van der Waals surface area contributed by atoms with Crippen LogP contribution in [0.5, 0.6) is 0 Å². The fourth-order valence-corrected chi connectivity index (χ4v) is 3.34. The molecule has 1 fully saturated rings. The molecule has 1 aromatic carbocycles. The topological polar surface area (TPSA) is 172 Å². The van der Waals surface area contributed by atoms with Gasteiger partial charge in [-0.05, 0) is 5.56 Å². The van der Waals surface area contributed by atoms with Crippen molar-refractivity contribution in [2.24, 2.45) is 0 Å². The van der Waals surface area contributed by atoms with Crippen LogP contribution in [-0.4, -0.2) is 71.4 Å². The minimum Gasteiger partial charge on any atom is -0.394 e. The van der Waals surface area contributed by atoms with E-state index in [9.17, 15) is 20.4 Å². The van der Waals surface area contributed by atoms with Gasteiger partial charge in [0, 0.05) is 6.54 Å². The second kappa shape index (κ2) is 7.89. The lowest BCUT2D eigenvalue weighted by molar-refractivity contribution is -0.0511. The van der Waals surface area contributed by atoms with Gasteiger partial charge in [-0.25, -0.2) is 4.98 Å². The van der Waals surface area contributed by atoms with Gasteiger partial charge in [0.2, 0.25) is 5.95 Å². The zero-order valence-corrected chi connectivity index (χ0v) is 15.3. The first-order valence-corrected chi connectivity index (χ1v) is 9.09. The molecule has 0 saturated carbocycles. The normalized spacial score (nSPS) is 25.4. The maximum atomic E-state index is 10.4. The van der Waals surface area contributed by atoms with Crippen LogP contribution in [0.15, 0.2) is 36.7 Å². The average Bonchev–Trinajstić information content (AvgIpc) is 3.27. The van der Waals surface area contributed by atoms with Gasteiger partial charge in [0.05, 0.1) is 19.0 Å². The summed E-state index contributed by atoms with van der Waals surface area (Å²) in [6.07, 6.45) is -3.84. The standard InChI is InChI=1S/C18H22N6O5/c19-18-22-15(20-6-10(26)9-4-2-1-3-5-9)12-16(23-18)24(8-21-12)17-14(28)13(27)11(7-25)29-17/h1-5,8,10-11,13-14,17,25-28H,6-7H2,(H3,19,20,22,23)/t10?,11-,13-,14-,17?/m1/s1. The fraction of sp³-hybridized carbons (Fsp3) is 0.389. The molecule has 4 rings (SSSR count). The van der Waals surface area contributed by atoms with Crippen molar-refractivity contribution in [2.45, 2.75) is 30.6 Å². The van der Waals surface area contributed by atoms with E-state index in [4.69, 9.17) is 10.5 Å². The Morgan fingerprint density at radius 1 is 1.17 bits per heavy atom. The quantitative estimate of drug-likeness (QED) is 0.305. The van der Waals surface area contributed by atoms with E-state index < -0.39 is 37.3 Å². The Morgan fingerprint density at radius 3 is 2.62 bits per heavy atom. The van der Waals surface area contributed by atoms with Crippen LogP contribution in [0.4, 0.5) is 11.8 Å². The molecule has 3 heterocycles. The van der Waals surface area contributed by atoms with Gasteiger partial charge < -0.3 is 36.2 Å². The molecule has 0 bridgehead atoms. The van der Waals surface area contributed by atoms with Crippen molar-refractivity contribution in [3.05, 3.63) is 42.2 Å². The summed E-state index contributed by atoms with van der Waals surface area (Å²) in [6, 6.07) is 9.16. The number of hydrogen-bond acceptors (Lipinski definition) is 10. The Balaban J connectivity index is 1.60. The minimum atomic E-state index is -1.28. The molecule has 2 aromatic heterocycles. The SMILES string of the molecule is Nc1nc(NCC(O)c2ccccc2)c2ncn(C3O[C@H](CO)[C@@H](O)[C@H]3O)c2n1. The number of aliphatic hydroxyl groups excluding tert-OH is 4. The van der Waals surface area contributed by atoms with E-state index >= 15 is 0 Å². The number of anilines is 2. The van der Waals surface area contributed by atoms with Crippen molar-refractivity contribution < 1.29 is 25.2 Å². The average molecular weight is 402 g/mol. The molecule has 11 heteroatoms. The molecule has 2 unspecified atom stereocenters.